The van der Waals surface area contributed by atoms with E-state index in [0.29, 0.717) is 23.5 Å². The van der Waals surface area contributed by atoms with E-state index >= 15 is 0 Å². The Balaban J connectivity index is 1.47. The highest BCUT2D eigenvalue weighted by Crippen LogP contribution is 2.45. The van der Waals surface area contributed by atoms with Crippen molar-refractivity contribution in [3.63, 3.8) is 0 Å². The zero-order chi connectivity index (χ0) is 29.9. The fourth-order valence-electron chi connectivity index (χ4n) is 6.63. The molecule has 0 aliphatic carbocycles. The molecular formula is C36H37N3O4. The number of unbranched alkanes of at least 4 members (excludes halogenated alkanes) is 1. The van der Waals surface area contributed by atoms with Gasteiger partial charge in [0, 0.05) is 52.6 Å². The van der Waals surface area contributed by atoms with Crippen LogP contribution in [0.3, 0.4) is 0 Å². The number of carbonyl (C=O) groups excluding carboxylic acids is 2. The van der Waals surface area contributed by atoms with E-state index in [0.717, 1.165) is 36.9 Å². The number of fused-ring (bicyclic) bond motifs is 4. The Morgan fingerprint density at radius 1 is 0.814 bits per heavy atom. The first-order valence-electron chi connectivity index (χ1n) is 14.9. The van der Waals surface area contributed by atoms with E-state index in [2.05, 4.69) is 76.6 Å². The Morgan fingerprint density at radius 2 is 1.47 bits per heavy atom. The molecule has 7 heteroatoms. The lowest BCUT2D eigenvalue weighted by molar-refractivity contribution is -0.120. The van der Waals surface area contributed by atoms with Crippen molar-refractivity contribution in [3.05, 3.63) is 102 Å². The molecule has 1 N–H and O–H groups in total. The summed E-state index contributed by atoms with van der Waals surface area (Å²) in [5, 5.41) is 5.16. The molecule has 1 aliphatic heterocycles. The second kappa shape index (κ2) is 12.2. The van der Waals surface area contributed by atoms with Gasteiger partial charge >= 0.3 is 0 Å². The highest BCUT2D eigenvalue weighted by Gasteiger charge is 2.38. The van der Waals surface area contributed by atoms with E-state index < -0.39 is 0 Å². The zero-order valence-electron chi connectivity index (χ0n) is 24.9. The van der Waals surface area contributed by atoms with Crippen LogP contribution in [0.15, 0.2) is 91.0 Å². The summed E-state index contributed by atoms with van der Waals surface area (Å²) in [5.41, 5.74) is 4.93. The van der Waals surface area contributed by atoms with E-state index in [9.17, 15) is 9.59 Å². The molecule has 0 radical (unpaired) electrons. The summed E-state index contributed by atoms with van der Waals surface area (Å²) in [6.07, 6.45) is 3.59. The third-order valence-corrected chi connectivity index (χ3v) is 8.66. The first-order chi connectivity index (χ1) is 21.0. The monoisotopic (exact) mass is 575 g/mol. The van der Waals surface area contributed by atoms with Crippen LogP contribution < -0.4 is 19.7 Å². The van der Waals surface area contributed by atoms with Crippen LogP contribution >= 0.6 is 0 Å². The van der Waals surface area contributed by atoms with Crippen molar-refractivity contribution < 1.29 is 19.1 Å². The molecule has 0 fully saturated rings. The summed E-state index contributed by atoms with van der Waals surface area (Å²) in [6, 6.07) is 30.7. The number of ether oxygens (including phenoxy) is 2. The standard InChI is InChI=1S/C36H37N3O4/c1-37-35(40)19-11-4-12-25-23-32(39-29-16-8-5-13-26(29)27-14-6-9-17-30(27)39)28-15-7-10-18-31(28)38(25)36(41)24-20-21-33(42-2)34(22-24)43-3/h5-10,13-18,20-22,25,32H,4,11-12,19,23H2,1-3H3,(H,37,40). The number of para-hydroxylation sites is 3. The first-order valence-corrected chi connectivity index (χ1v) is 14.9. The molecule has 0 bridgehead atoms. The molecule has 0 saturated heterocycles. The summed E-state index contributed by atoms with van der Waals surface area (Å²) in [4.78, 5) is 28.3. The van der Waals surface area contributed by atoms with Gasteiger partial charge in [-0.05, 0) is 61.2 Å². The fraction of sp³-hybridized carbons (Fsp3) is 0.278. The molecule has 2 unspecified atom stereocenters. The van der Waals surface area contributed by atoms with Crippen LogP contribution in [0.25, 0.3) is 21.8 Å². The average Bonchev–Trinajstić information content (AvgIpc) is 3.39. The van der Waals surface area contributed by atoms with E-state index in [1.165, 1.54) is 21.8 Å². The molecule has 2 atom stereocenters. The summed E-state index contributed by atoms with van der Waals surface area (Å²) in [7, 11) is 4.83. The summed E-state index contributed by atoms with van der Waals surface area (Å²) in [5.74, 6) is 1.06. The zero-order valence-corrected chi connectivity index (χ0v) is 24.9. The summed E-state index contributed by atoms with van der Waals surface area (Å²) in [6.45, 7) is 0. The number of carbonyl (C=O) groups is 2. The van der Waals surface area contributed by atoms with Gasteiger partial charge in [0.15, 0.2) is 11.5 Å². The quantitative estimate of drug-likeness (QED) is 0.190. The lowest BCUT2D eigenvalue weighted by Crippen LogP contribution is -2.46. The predicted octanol–water partition coefficient (Wildman–Crippen LogP) is 7.13. The maximum atomic E-state index is 14.4. The van der Waals surface area contributed by atoms with Crippen LogP contribution in [0.1, 0.15) is 54.1 Å². The number of anilines is 1. The average molecular weight is 576 g/mol. The van der Waals surface area contributed by atoms with Gasteiger partial charge in [-0.25, -0.2) is 0 Å². The van der Waals surface area contributed by atoms with Crippen molar-refractivity contribution in [1.29, 1.82) is 0 Å². The van der Waals surface area contributed by atoms with Crippen molar-refractivity contribution in [2.75, 3.05) is 26.2 Å². The van der Waals surface area contributed by atoms with Crippen LogP contribution in [0.5, 0.6) is 11.5 Å². The minimum absolute atomic E-state index is 0.0272. The van der Waals surface area contributed by atoms with Gasteiger partial charge in [0.25, 0.3) is 5.91 Å². The summed E-state index contributed by atoms with van der Waals surface area (Å²) >= 11 is 0. The molecule has 0 spiro atoms. The van der Waals surface area contributed by atoms with E-state index in [-0.39, 0.29) is 23.9 Å². The number of aromatic nitrogens is 1. The summed E-state index contributed by atoms with van der Waals surface area (Å²) < 4.78 is 13.4. The minimum atomic E-state index is -0.0786. The number of amides is 2. The number of hydrogen-bond donors (Lipinski definition) is 1. The molecule has 2 heterocycles. The molecule has 5 aromatic rings. The molecule has 43 heavy (non-hydrogen) atoms. The number of nitrogens with one attached hydrogen (secondary N) is 1. The third kappa shape index (κ3) is 5.20. The van der Waals surface area contributed by atoms with Gasteiger partial charge in [-0.1, -0.05) is 61.0 Å². The molecule has 6 rings (SSSR count). The Bertz CT molecular complexity index is 1740. The normalized spacial score (nSPS) is 16.2. The predicted molar refractivity (Wildman–Crippen MR) is 171 cm³/mol. The van der Waals surface area contributed by atoms with Gasteiger partial charge < -0.3 is 24.3 Å². The van der Waals surface area contributed by atoms with Crippen LogP contribution in [-0.4, -0.2) is 43.7 Å². The van der Waals surface area contributed by atoms with E-state index in [1.807, 2.05) is 11.0 Å². The van der Waals surface area contributed by atoms with Crippen molar-refractivity contribution in [2.45, 2.75) is 44.2 Å². The minimum Gasteiger partial charge on any atom is -0.493 e. The van der Waals surface area contributed by atoms with Crippen LogP contribution in [0, 0.1) is 0 Å². The Hall–Kier alpha value is -4.78. The van der Waals surface area contributed by atoms with Crippen molar-refractivity contribution in [2.24, 2.45) is 0 Å². The molecule has 4 aromatic carbocycles. The molecule has 220 valence electrons. The maximum absolute atomic E-state index is 14.4. The van der Waals surface area contributed by atoms with Gasteiger partial charge in [0.2, 0.25) is 5.91 Å². The first kappa shape index (κ1) is 28.3. The SMILES string of the molecule is CNC(=O)CCCCC1CC(n2c3ccccc3c3ccccc32)c2ccccc2N1C(=O)c1ccc(OC)c(OC)c1. The molecule has 0 saturated carbocycles. The van der Waals surface area contributed by atoms with Gasteiger partial charge in [-0.3, -0.25) is 9.59 Å². The molecule has 2 amide bonds. The van der Waals surface area contributed by atoms with Crippen molar-refractivity contribution >= 4 is 39.3 Å². The van der Waals surface area contributed by atoms with Gasteiger partial charge in [0.05, 0.1) is 20.3 Å². The van der Waals surface area contributed by atoms with Gasteiger partial charge in [-0.2, -0.15) is 0 Å². The van der Waals surface area contributed by atoms with E-state index in [1.54, 1.807) is 39.5 Å². The molecule has 1 aliphatic rings. The van der Waals surface area contributed by atoms with Gasteiger partial charge in [-0.15, -0.1) is 0 Å². The second-order valence-electron chi connectivity index (χ2n) is 11.0. The maximum Gasteiger partial charge on any atom is 0.258 e. The van der Waals surface area contributed by atoms with Crippen molar-refractivity contribution in [1.82, 2.24) is 9.88 Å². The van der Waals surface area contributed by atoms with Crippen LogP contribution in [0.4, 0.5) is 5.69 Å². The van der Waals surface area contributed by atoms with Crippen molar-refractivity contribution in [3.8, 4) is 11.5 Å². The number of hydrogen-bond acceptors (Lipinski definition) is 4. The second-order valence-corrected chi connectivity index (χ2v) is 11.0. The highest BCUT2D eigenvalue weighted by molar-refractivity contribution is 6.09. The topological polar surface area (TPSA) is 72.8 Å². The molecule has 1 aromatic heterocycles. The number of nitrogens with zero attached hydrogens (tertiary/aromatic N) is 2. The Kier molecular flexibility index (Phi) is 8.05. The lowest BCUT2D eigenvalue weighted by atomic mass is 9.87. The van der Waals surface area contributed by atoms with E-state index in [4.69, 9.17) is 9.47 Å². The Labute approximate surface area is 252 Å². The number of rotatable bonds is 9. The molecular weight excluding hydrogens is 538 g/mol. The number of methoxy groups -OCH3 is 2. The highest BCUT2D eigenvalue weighted by atomic mass is 16.5. The van der Waals surface area contributed by atoms with Crippen LogP contribution in [0.2, 0.25) is 0 Å². The third-order valence-electron chi connectivity index (χ3n) is 8.66. The molecule has 7 nitrogen and oxygen atoms in total. The largest absolute Gasteiger partial charge is 0.493 e. The Morgan fingerprint density at radius 3 is 2.14 bits per heavy atom. The smallest absolute Gasteiger partial charge is 0.258 e. The van der Waals surface area contributed by atoms with Gasteiger partial charge in [0.1, 0.15) is 0 Å². The van der Waals surface area contributed by atoms with Crippen LogP contribution in [-0.2, 0) is 4.79 Å². The number of benzene rings is 4. The lowest BCUT2D eigenvalue weighted by Gasteiger charge is -2.42. The fourth-order valence-corrected chi connectivity index (χ4v) is 6.63.